The highest BCUT2D eigenvalue weighted by molar-refractivity contribution is 8.03. The van der Waals surface area contributed by atoms with Gasteiger partial charge in [0.2, 0.25) is 0 Å². The SMILES string of the molecule is CCOC(=O)c1ccc(CSCC2CC(C(=O)OCC)CS2)cc1. The number of carbonyl (C=O) groups is 2. The summed E-state index contributed by atoms with van der Waals surface area (Å²) in [7, 11) is 0. The first-order valence-electron chi connectivity index (χ1n) is 8.26. The second kappa shape index (κ2) is 9.99. The molecule has 1 fully saturated rings. The lowest BCUT2D eigenvalue weighted by atomic mass is 10.1. The van der Waals surface area contributed by atoms with Gasteiger partial charge < -0.3 is 9.47 Å². The molecule has 0 amide bonds. The monoisotopic (exact) mass is 368 g/mol. The van der Waals surface area contributed by atoms with Crippen molar-refractivity contribution in [3.8, 4) is 0 Å². The summed E-state index contributed by atoms with van der Waals surface area (Å²) >= 11 is 3.73. The molecule has 6 heteroatoms. The van der Waals surface area contributed by atoms with E-state index >= 15 is 0 Å². The van der Waals surface area contributed by atoms with E-state index in [0.29, 0.717) is 24.0 Å². The highest BCUT2D eigenvalue weighted by Gasteiger charge is 2.31. The first-order chi connectivity index (χ1) is 11.6. The molecule has 1 aromatic carbocycles. The zero-order valence-electron chi connectivity index (χ0n) is 14.2. The maximum absolute atomic E-state index is 11.7. The Balaban J connectivity index is 1.71. The minimum atomic E-state index is -0.274. The predicted molar refractivity (Wildman–Crippen MR) is 99.5 cm³/mol. The normalized spacial score (nSPS) is 19.9. The highest BCUT2D eigenvalue weighted by Crippen LogP contribution is 2.34. The van der Waals surface area contributed by atoms with E-state index in [-0.39, 0.29) is 17.9 Å². The van der Waals surface area contributed by atoms with Gasteiger partial charge in [-0.25, -0.2) is 4.79 Å². The molecule has 0 aliphatic carbocycles. The van der Waals surface area contributed by atoms with E-state index in [2.05, 4.69) is 0 Å². The third kappa shape index (κ3) is 5.74. The fraction of sp³-hybridized carbons (Fsp3) is 0.556. The fourth-order valence-corrected chi connectivity index (χ4v) is 5.27. The van der Waals surface area contributed by atoms with Crippen molar-refractivity contribution >= 4 is 35.5 Å². The summed E-state index contributed by atoms with van der Waals surface area (Å²) in [6, 6.07) is 7.58. The molecule has 4 nitrogen and oxygen atoms in total. The number of thioether (sulfide) groups is 2. The van der Waals surface area contributed by atoms with Crippen LogP contribution in [0.2, 0.25) is 0 Å². The van der Waals surface area contributed by atoms with Crippen LogP contribution in [0.25, 0.3) is 0 Å². The lowest BCUT2D eigenvalue weighted by Gasteiger charge is -2.10. The topological polar surface area (TPSA) is 52.6 Å². The van der Waals surface area contributed by atoms with Gasteiger partial charge in [0.05, 0.1) is 24.7 Å². The van der Waals surface area contributed by atoms with Gasteiger partial charge in [-0.3, -0.25) is 4.79 Å². The third-order valence-corrected chi connectivity index (χ3v) is 6.55. The number of carbonyl (C=O) groups excluding carboxylic acids is 2. The molecule has 0 bridgehead atoms. The van der Waals surface area contributed by atoms with Crippen LogP contribution in [0, 0.1) is 5.92 Å². The molecule has 1 aliphatic heterocycles. The van der Waals surface area contributed by atoms with Gasteiger partial charge in [-0.15, -0.1) is 0 Å². The summed E-state index contributed by atoms with van der Waals surface area (Å²) in [6.07, 6.45) is 0.915. The summed E-state index contributed by atoms with van der Waals surface area (Å²) in [5.74, 6) is 2.54. The summed E-state index contributed by atoms with van der Waals surface area (Å²) < 4.78 is 10.1. The molecule has 1 heterocycles. The number of ether oxygens (including phenoxy) is 2. The van der Waals surface area contributed by atoms with Crippen molar-refractivity contribution in [3.63, 3.8) is 0 Å². The van der Waals surface area contributed by atoms with Crippen LogP contribution in [0.15, 0.2) is 24.3 Å². The molecule has 132 valence electrons. The average Bonchev–Trinajstić information content (AvgIpc) is 3.05. The maximum atomic E-state index is 11.7. The Morgan fingerprint density at radius 2 is 1.88 bits per heavy atom. The Labute approximate surface area is 152 Å². The van der Waals surface area contributed by atoms with E-state index in [1.807, 2.05) is 54.7 Å². The summed E-state index contributed by atoms with van der Waals surface area (Å²) in [5.41, 5.74) is 1.78. The van der Waals surface area contributed by atoms with Gasteiger partial charge in [0.15, 0.2) is 0 Å². The molecule has 0 N–H and O–H groups in total. The van der Waals surface area contributed by atoms with Gasteiger partial charge in [-0.05, 0) is 38.0 Å². The Hall–Kier alpha value is -1.14. The standard InChI is InChI=1S/C18H24O4S2/c1-3-21-17(19)14-7-5-13(6-8-14)10-23-12-16-9-15(11-24-16)18(20)22-4-2/h5-8,15-16H,3-4,9-12H2,1-2H3. The molecule has 0 aromatic heterocycles. The fourth-order valence-electron chi connectivity index (χ4n) is 2.51. The lowest BCUT2D eigenvalue weighted by Crippen LogP contribution is -2.18. The van der Waals surface area contributed by atoms with Crippen LogP contribution in [0.5, 0.6) is 0 Å². The molecule has 2 atom stereocenters. The van der Waals surface area contributed by atoms with Crippen molar-refractivity contribution in [2.24, 2.45) is 5.92 Å². The summed E-state index contributed by atoms with van der Waals surface area (Å²) in [5, 5.41) is 0.517. The first-order valence-corrected chi connectivity index (χ1v) is 10.5. The molecule has 0 spiro atoms. The second-order valence-corrected chi connectivity index (χ2v) is 7.94. The number of benzene rings is 1. The Morgan fingerprint density at radius 3 is 2.54 bits per heavy atom. The third-order valence-electron chi connectivity index (χ3n) is 3.74. The van der Waals surface area contributed by atoms with Crippen molar-refractivity contribution in [3.05, 3.63) is 35.4 Å². The van der Waals surface area contributed by atoms with Crippen LogP contribution in [0.4, 0.5) is 0 Å². The highest BCUT2D eigenvalue weighted by atomic mass is 32.2. The van der Waals surface area contributed by atoms with Crippen molar-refractivity contribution in [2.75, 3.05) is 24.7 Å². The van der Waals surface area contributed by atoms with Gasteiger partial charge >= 0.3 is 11.9 Å². The zero-order chi connectivity index (χ0) is 17.4. The van der Waals surface area contributed by atoms with Gasteiger partial charge in [-0.1, -0.05) is 12.1 Å². The van der Waals surface area contributed by atoms with Gasteiger partial charge in [0, 0.05) is 22.5 Å². The van der Waals surface area contributed by atoms with Crippen molar-refractivity contribution < 1.29 is 19.1 Å². The second-order valence-electron chi connectivity index (χ2n) is 5.57. The Bertz CT molecular complexity index is 544. The zero-order valence-corrected chi connectivity index (χ0v) is 15.8. The van der Waals surface area contributed by atoms with E-state index in [9.17, 15) is 9.59 Å². The van der Waals surface area contributed by atoms with E-state index in [4.69, 9.17) is 9.47 Å². The van der Waals surface area contributed by atoms with E-state index in [1.54, 1.807) is 6.92 Å². The predicted octanol–water partition coefficient (Wildman–Crippen LogP) is 3.78. The van der Waals surface area contributed by atoms with Crippen LogP contribution in [-0.2, 0) is 20.0 Å². The minimum Gasteiger partial charge on any atom is -0.466 e. The van der Waals surface area contributed by atoms with Crippen LogP contribution < -0.4 is 0 Å². The van der Waals surface area contributed by atoms with E-state index in [0.717, 1.165) is 23.7 Å². The van der Waals surface area contributed by atoms with Crippen LogP contribution in [0.1, 0.15) is 36.2 Å². The van der Waals surface area contributed by atoms with Crippen molar-refractivity contribution in [1.29, 1.82) is 0 Å². The number of hydrogen-bond acceptors (Lipinski definition) is 6. The maximum Gasteiger partial charge on any atom is 0.338 e. The first kappa shape index (κ1) is 19.2. The summed E-state index contributed by atoms with van der Waals surface area (Å²) in [4.78, 5) is 23.3. The van der Waals surface area contributed by atoms with Gasteiger partial charge in [0.1, 0.15) is 0 Å². The Kier molecular flexibility index (Phi) is 7.99. The van der Waals surface area contributed by atoms with E-state index in [1.165, 1.54) is 5.56 Å². The molecule has 1 aliphatic rings. The smallest absolute Gasteiger partial charge is 0.338 e. The Morgan fingerprint density at radius 1 is 1.17 bits per heavy atom. The van der Waals surface area contributed by atoms with Crippen molar-refractivity contribution in [1.82, 2.24) is 0 Å². The molecule has 24 heavy (non-hydrogen) atoms. The lowest BCUT2D eigenvalue weighted by molar-refractivity contribution is -0.147. The molecule has 1 aromatic rings. The van der Waals surface area contributed by atoms with Gasteiger partial charge in [0.25, 0.3) is 0 Å². The quantitative estimate of drug-likeness (QED) is 0.651. The number of esters is 2. The average molecular weight is 369 g/mol. The van der Waals surface area contributed by atoms with E-state index < -0.39 is 0 Å². The molecular formula is C18H24O4S2. The largest absolute Gasteiger partial charge is 0.466 e. The molecule has 0 radical (unpaired) electrons. The number of rotatable bonds is 8. The minimum absolute atomic E-state index is 0.0490. The number of hydrogen-bond donors (Lipinski definition) is 0. The summed E-state index contributed by atoms with van der Waals surface area (Å²) in [6.45, 7) is 4.50. The molecule has 0 saturated carbocycles. The van der Waals surface area contributed by atoms with Crippen LogP contribution in [-0.4, -0.2) is 41.9 Å². The molecular weight excluding hydrogens is 344 g/mol. The van der Waals surface area contributed by atoms with Crippen LogP contribution in [0.3, 0.4) is 0 Å². The molecule has 1 saturated heterocycles. The van der Waals surface area contributed by atoms with Crippen molar-refractivity contribution in [2.45, 2.75) is 31.3 Å². The molecule has 2 unspecified atom stereocenters. The molecule has 2 rings (SSSR count). The van der Waals surface area contributed by atoms with Gasteiger partial charge in [-0.2, -0.15) is 23.5 Å². The van der Waals surface area contributed by atoms with Crippen LogP contribution >= 0.6 is 23.5 Å².